The maximum atomic E-state index is 10.6. The Morgan fingerprint density at radius 1 is 1.67 bits per heavy atom. The van der Waals surface area contributed by atoms with E-state index in [9.17, 15) is 4.79 Å². The Kier molecular flexibility index (Phi) is 3.96. The fourth-order valence-electron chi connectivity index (χ4n) is 0.844. The second kappa shape index (κ2) is 4.26. The van der Waals surface area contributed by atoms with Crippen LogP contribution in [0, 0.1) is 5.41 Å². The molecule has 3 nitrogen and oxygen atoms in total. The summed E-state index contributed by atoms with van der Waals surface area (Å²) >= 11 is 0. The predicted molar refractivity (Wildman–Crippen MR) is 48.8 cm³/mol. The van der Waals surface area contributed by atoms with Gasteiger partial charge in [-0.05, 0) is 6.42 Å². The van der Waals surface area contributed by atoms with Gasteiger partial charge in [-0.2, -0.15) is 0 Å². The topological polar surface area (TPSA) is 63.3 Å². The minimum absolute atomic E-state index is 0.470. The maximum absolute atomic E-state index is 10.6. The Bertz CT molecular complexity index is 185. The molecule has 3 heteroatoms. The SMILES string of the molecule is CC/C=C/C(C)(C)C(N)C(=O)O. The lowest BCUT2D eigenvalue weighted by molar-refractivity contribution is -0.140. The van der Waals surface area contributed by atoms with Crippen molar-refractivity contribution in [2.75, 3.05) is 0 Å². The van der Waals surface area contributed by atoms with E-state index < -0.39 is 17.4 Å². The minimum atomic E-state index is -0.958. The number of carbonyl (C=O) groups is 1. The summed E-state index contributed by atoms with van der Waals surface area (Å²) in [6.07, 6.45) is 4.68. The first-order valence-corrected chi connectivity index (χ1v) is 4.08. The van der Waals surface area contributed by atoms with Crippen LogP contribution in [0.3, 0.4) is 0 Å². The molecule has 0 heterocycles. The Hall–Kier alpha value is -0.830. The van der Waals surface area contributed by atoms with Crippen LogP contribution < -0.4 is 5.73 Å². The summed E-state index contributed by atoms with van der Waals surface area (Å²) in [6, 6.07) is -0.833. The summed E-state index contributed by atoms with van der Waals surface area (Å²) < 4.78 is 0. The van der Waals surface area contributed by atoms with E-state index in [-0.39, 0.29) is 0 Å². The highest BCUT2D eigenvalue weighted by molar-refractivity contribution is 5.74. The van der Waals surface area contributed by atoms with E-state index in [1.54, 1.807) is 0 Å². The summed E-state index contributed by atoms with van der Waals surface area (Å²) in [6.45, 7) is 5.63. The number of hydrogen-bond donors (Lipinski definition) is 2. The molecule has 70 valence electrons. The molecule has 3 N–H and O–H groups in total. The largest absolute Gasteiger partial charge is 0.480 e. The van der Waals surface area contributed by atoms with E-state index in [4.69, 9.17) is 10.8 Å². The number of aliphatic carboxylic acids is 1. The van der Waals surface area contributed by atoms with Crippen LogP contribution in [-0.2, 0) is 4.79 Å². The van der Waals surface area contributed by atoms with E-state index in [0.717, 1.165) is 6.42 Å². The monoisotopic (exact) mass is 171 g/mol. The number of rotatable bonds is 4. The molecule has 0 aliphatic rings. The average molecular weight is 171 g/mol. The Balaban J connectivity index is 4.38. The van der Waals surface area contributed by atoms with Gasteiger partial charge in [-0.25, -0.2) is 0 Å². The van der Waals surface area contributed by atoms with E-state index in [2.05, 4.69) is 0 Å². The van der Waals surface area contributed by atoms with Gasteiger partial charge in [0.2, 0.25) is 0 Å². The number of nitrogens with two attached hydrogens (primary N) is 1. The molecule has 12 heavy (non-hydrogen) atoms. The fraction of sp³-hybridized carbons (Fsp3) is 0.667. The standard InChI is InChI=1S/C9H17NO2/c1-4-5-6-9(2,3)7(10)8(11)12/h5-7H,4,10H2,1-3H3,(H,11,12)/b6-5+. The lowest BCUT2D eigenvalue weighted by Gasteiger charge is -2.24. The van der Waals surface area contributed by atoms with Crippen molar-refractivity contribution in [1.29, 1.82) is 0 Å². The van der Waals surface area contributed by atoms with Gasteiger partial charge in [-0.1, -0.05) is 32.9 Å². The molecule has 0 aromatic rings. The molecule has 0 spiro atoms. The van der Waals surface area contributed by atoms with Crippen LogP contribution in [-0.4, -0.2) is 17.1 Å². The molecule has 0 aromatic carbocycles. The molecule has 0 amide bonds. The van der Waals surface area contributed by atoms with E-state index in [0.29, 0.717) is 0 Å². The van der Waals surface area contributed by atoms with Gasteiger partial charge in [0.05, 0.1) is 0 Å². The predicted octanol–water partition coefficient (Wildman–Crippen LogP) is 1.39. The van der Waals surface area contributed by atoms with Crippen molar-refractivity contribution in [2.45, 2.75) is 33.2 Å². The van der Waals surface area contributed by atoms with E-state index in [1.807, 2.05) is 32.9 Å². The van der Waals surface area contributed by atoms with Crippen molar-refractivity contribution < 1.29 is 9.90 Å². The maximum Gasteiger partial charge on any atom is 0.321 e. The van der Waals surface area contributed by atoms with Crippen molar-refractivity contribution in [2.24, 2.45) is 11.1 Å². The van der Waals surface area contributed by atoms with Crippen LogP contribution >= 0.6 is 0 Å². The smallest absolute Gasteiger partial charge is 0.321 e. The summed E-state index contributed by atoms with van der Waals surface area (Å²) in [4.78, 5) is 10.6. The number of allylic oxidation sites excluding steroid dienone is 1. The summed E-state index contributed by atoms with van der Waals surface area (Å²) in [5, 5.41) is 8.66. The van der Waals surface area contributed by atoms with E-state index >= 15 is 0 Å². The highest BCUT2D eigenvalue weighted by Gasteiger charge is 2.28. The van der Waals surface area contributed by atoms with Crippen LogP contribution in [0.4, 0.5) is 0 Å². The molecule has 0 aliphatic carbocycles. The normalized spacial score (nSPS) is 15.0. The third-order valence-electron chi connectivity index (χ3n) is 1.85. The van der Waals surface area contributed by atoms with Gasteiger partial charge in [0.15, 0.2) is 0 Å². The van der Waals surface area contributed by atoms with Gasteiger partial charge >= 0.3 is 5.97 Å². The molecule has 0 saturated carbocycles. The van der Waals surface area contributed by atoms with Crippen LogP contribution in [0.2, 0.25) is 0 Å². The molecular weight excluding hydrogens is 154 g/mol. The first-order valence-electron chi connectivity index (χ1n) is 4.08. The highest BCUT2D eigenvalue weighted by atomic mass is 16.4. The molecule has 0 aromatic heterocycles. The van der Waals surface area contributed by atoms with Crippen LogP contribution in [0.15, 0.2) is 12.2 Å². The molecular formula is C9H17NO2. The van der Waals surface area contributed by atoms with Crippen LogP contribution in [0.1, 0.15) is 27.2 Å². The summed E-state index contributed by atoms with van der Waals surface area (Å²) in [7, 11) is 0. The molecule has 1 unspecified atom stereocenters. The quantitative estimate of drug-likeness (QED) is 0.628. The zero-order chi connectivity index (χ0) is 9.78. The van der Waals surface area contributed by atoms with Gasteiger partial charge in [0.25, 0.3) is 0 Å². The van der Waals surface area contributed by atoms with E-state index in [1.165, 1.54) is 0 Å². The van der Waals surface area contributed by atoms with Gasteiger partial charge in [-0.15, -0.1) is 0 Å². The Morgan fingerprint density at radius 3 is 2.50 bits per heavy atom. The minimum Gasteiger partial charge on any atom is -0.480 e. The van der Waals surface area contributed by atoms with Gasteiger partial charge < -0.3 is 10.8 Å². The van der Waals surface area contributed by atoms with Gasteiger partial charge in [0.1, 0.15) is 6.04 Å². The molecule has 0 rings (SSSR count). The lowest BCUT2D eigenvalue weighted by Crippen LogP contribution is -2.42. The number of carboxylic acid groups (broad SMARTS) is 1. The zero-order valence-electron chi connectivity index (χ0n) is 7.87. The average Bonchev–Trinajstić information content (AvgIpc) is 1.99. The number of carboxylic acids is 1. The lowest BCUT2D eigenvalue weighted by atomic mass is 9.84. The number of hydrogen-bond acceptors (Lipinski definition) is 2. The zero-order valence-corrected chi connectivity index (χ0v) is 7.87. The molecule has 0 radical (unpaired) electrons. The van der Waals surface area contributed by atoms with Crippen LogP contribution in [0.25, 0.3) is 0 Å². The molecule has 1 atom stereocenters. The third kappa shape index (κ3) is 3.05. The second-order valence-electron chi connectivity index (χ2n) is 3.45. The highest BCUT2D eigenvalue weighted by Crippen LogP contribution is 2.21. The molecule has 0 fully saturated rings. The second-order valence-corrected chi connectivity index (χ2v) is 3.45. The van der Waals surface area contributed by atoms with Crippen LogP contribution in [0.5, 0.6) is 0 Å². The Morgan fingerprint density at radius 2 is 2.17 bits per heavy atom. The summed E-state index contributed by atoms with van der Waals surface area (Å²) in [5.74, 6) is -0.958. The molecule has 0 saturated heterocycles. The van der Waals surface area contributed by atoms with Crippen molar-refractivity contribution in [3.05, 3.63) is 12.2 Å². The van der Waals surface area contributed by atoms with Gasteiger partial charge in [0, 0.05) is 5.41 Å². The first kappa shape index (κ1) is 11.2. The van der Waals surface area contributed by atoms with Crippen molar-refractivity contribution in [3.63, 3.8) is 0 Å². The van der Waals surface area contributed by atoms with Crippen molar-refractivity contribution in [1.82, 2.24) is 0 Å². The van der Waals surface area contributed by atoms with Crippen molar-refractivity contribution in [3.8, 4) is 0 Å². The molecule has 0 aliphatic heterocycles. The first-order chi connectivity index (χ1) is 5.41. The Labute approximate surface area is 73.3 Å². The third-order valence-corrected chi connectivity index (χ3v) is 1.85. The fourth-order valence-corrected chi connectivity index (χ4v) is 0.844. The summed E-state index contributed by atoms with van der Waals surface area (Å²) in [5.41, 5.74) is 5.01. The molecule has 0 bridgehead atoms. The van der Waals surface area contributed by atoms with Crippen molar-refractivity contribution >= 4 is 5.97 Å². The van der Waals surface area contributed by atoms with Gasteiger partial charge in [-0.3, -0.25) is 4.79 Å².